The summed E-state index contributed by atoms with van der Waals surface area (Å²) < 4.78 is 0. The SMILES string of the molecule is CN(C)c1cc(O[N+](=O)[O-])ccn1. The van der Waals surface area contributed by atoms with E-state index in [-0.39, 0.29) is 5.75 Å². The van der Waals surface area contributed by atoms with Crippen molar-refractivity contribution in [3.05, 3.63) is 28.4 Å². The van der Waals surface area contributed by atoms with Gasteiger partial charge in [0.1, 0.15) is 11.6 Å². The van der Waals surface area contributed by atoms with Gasteiger partial charge in [-0.25, -0.2) is 4.98 Å². The highest BCUT2D eigenvalue weighted by molar-refractivity contribution is 5.41. The fraction of sp³-hybridized carbons (Fsp3) is 0.286. The maximum absolute atomic E-state index is 10.00. The first kappa shape index (κ1) is 9.24. The Balaban J connectivity index is 2.85. The average Bonchev–Trinajstić information content (AvgIpc) is 2.03. The van der Waals surface area contributed by atoms with Gasteiger partial charge in [0.15, 0.2) is 0 Å². The minimum absolute atomic E-state index is 0.170. The Hall–Kier alpha value is -1.85. The predicted octanol–water partition coefficient (Wildman–Crippen LogP) is 0.718. The molecule has 0 unspecified atom stereocenters. The van der Waals surface area contributed by atoms with Crippen LogP contribution in [-0.4, -0.2) is 24.2 Å². The summed E-state index contributed by atoms with van der Waals surface area (Å²) in [5.41, 5.74) is 0. The number of aromatic nitrogens is 1. The van der Waals surface area contributed by atoms with Crippen molar-refractivity contribution < 1.29 is 9.92 Å². The zero-order valence-corrected chi connectivity index (χ0v) is 7.30. The normalized spacial score (nSPS) is 9.38. The summed E-state index contributed by atoms with van der Waals surface area (Å²) in [6.45, 7) is 0. The van der Waals surface area contributed by atoms with Crippen molar-refractivity contribution in [2.45, 2.75) is 0 Å². The average molecular weight is 183 g/mol. The van der Waals surface area contributed by atoms with E-state index in [4.69, 9.17) is 0 Å². The first-order valence-corrected chi connectivity index (χ1v) is 3.55. The van der Waals surface area contributed by atoms with Gasteiger partial charge in [-0.3, -0.25) is 4.84 Å². The fourth-order valence-electron chi connectivity index (χ4n) is 0.787. The molecule has 0 N–H and O–H groups in total. The van der Waals surface area contributed by atoms with Crippen LogP contribution in [0.4, 0.5) is 5.82 Å². The topological polar surface area (TPSA) is 68.5 Å². The van der Waals surface area contributed by atoms with Gasteiger partial charge in [-0.2, -0.15) is 0 Å². The van der Waals surface area contributed by atoms with E-state index in [0.717, 1.165) is 0 Å². The van der Waals surface area contributed by atoms with Crippen molar-refractivity contribution in [3.63, 3.8) is 0 Å². The number of pyridine rings is 1. The van der Waals surface area contributed by atoms with Gasteiger partial charge < -0.3 is 4.90 Å². The standard InChI is InChI=1S/C7H9N3O3/c1-9(2)7-5-6(3-4-8-7)13-10(11)12/h3-5H,1-2H3. The van der Waals surface area contributed by atoms with Gasteiger partial charge in [-0.05, 0) is 6.07 Å². The molecule has 0 aliphatic rings. The molecule has 0 amide bonds. The minimum atomic E-state index is -0.852. The maximum Gasteiger partial charge on any atom is 0.299 e. The lowest BCUT2D eigenvalue weighted by Gasteiger charge is -2.10. The van der Waals surface area contributed by atoms with Gasteiger partial charge in [-0.1, -0.05) is 0 Å². The van der Waals surface area contributed by atoms with E-state index >= 15 is 0 Å². The largest absolute Gasteiger partial charge is 0.363 e. The minimum Gasteiger partial charge on any atom is -0.363 e. The quantitative estimate of drug-likeness (QED) is 0.510. The Morgan fingerprint density at radius 1 is 1.62 bits per heavy atom. The Bertz CT molecular complexity index is 314. The molecule has 0 fully saturated rings. The highest BCUT2D eigenvalue weighted by Crippen LogP contribution is 2.15. The Kier molecular flexibility index (Phi) is 2.63. The molecule has 1 aromatic rings. The lowest BCUT2D eigenvalue weighted by Crippen LogP contribution is -2.11. The van der Waals surface area contributed by atoms with E-state index in [2.05, 4.69) is 9.82 Å². The van der Waals surface area contributed by atoms with Crippen LogP contribution >= 0.6 is 0 Å². The van der Waals surface area contributed by atoms with Gasteiger partial charge in [0.25, 0.3) is 5.09 Å². The number of rotatable bonds is 3. The zero-order valence-electron chi connectivity index (χ0n) is 7.30. The van der Waals surface area contributed by atoms with Gasteiger partial charge in [0.2, 0.25) is 0 Å². The first-order valence-electron chi connectivity index (χ1n) is 3.55. The molecule has 0 bridgehead atoms. The predicted molar refractivity (Wildman–Crippen MR) is 46.2 cm³/mol. The lowest BCUT2D eigenvalue weighted by atomic mass is 10.4. The van der Waals surface area contributed by atoms with E-state index < -0.39 is 5.09 Å². The number of hydrogen-bond donors (Lipinski definition) is 0. The second kappa shape index (κ2) is 3.70. The third kappa shape index (κ3) is 2.58. The van der Waals surface area contributed by atoms with Crippen LogP contribution in [0.1, 0.15) is 0 Å². The van der Waals surface area contributed by atoms with Crippen molar-refractivity contribution >= 4 is 5.82 Å². The second-order valence-electron chi connectivity index (χ2n) is 2.56. The van der Waals surface area contributed by atoms with Gasteiger partial charge in [0, 0.05) is 26.4 Å². The summed E-state index contributed by atoms with van der Waals surface area (Å²) >= 11 is 0. The molecule has 0 atom stereocenters. The van der Waals surface area contributed by atoms with Crippen LogP contribution in [0.3, 0.4) is 0 Å². The molecule has 0 saturated carbocycles. The van der Waals surface area contributed by atoms with Crippen LogP contribution in [-0.2, 0) is 0 Å². The fourth-order valence-corrected chi connectivity index (χ4v) is 0.787. The van der Waals surface area contributed by atoms with Crippen molar-refractivity contribution in [3.8, 4) is 5.75 Å². The Morgan fingerprint density at radius 2 is 2.31 bits per heavy atom. The molecule has 6 heteroatoms. The summed E-state index contributed by atoms with van der Waals surface area (Å²) in [7, 11) is 3.58. The van der Waals surface area contributed by atoms with Crippen molar-refractivity contribution in [1.29, 1.82) is 0 Å². The van der Waals surface area contributed by atoms with Crippen LogP contribution in [0.15, 0.2) is 18.3 Å². The molecule has 70 valence electrons. The Morgan fingerprint density at radius 3 is 2.85 bits per heavy atom. The molecule has 0 saturated heterocycles. The van der Waals surface area contributed by atoms with E-state index in [1.807, 2.05) is 0 Å². The number of nitrogens with zero attached hydrogens (tertiary/aromatic N) is 3. The first-order chi connectivity index (χ1) is 6.09. The molecule has 1 aromatic heterocycles. The van der Waals surface area contributed by atoms with E-state index in [0.29, 0.717) is 5.82 Å². The molecule has 0 aromatic carbocycles. The van der Waals surface area contributed by atoms with E-state index in [1.165, 1.54) is 18.3 Å². The number of hydrogen-bond acceptors (Lipinski definition) is 5. The summed E-state index contributed by atoms with van der Waals surface area (Å²) in [6.07, 6.45) is 1.45. The van der Waals surface area contributed by atoms with Gasteiger partial charge in [0.05, 0.1) is 0 Å². The van der Waals surface area contributed by atoms with E-state index in [9.17, 15) is 10.1 Å². The molecule has 0 aliphatic carbocycles. The highest BCUT2D eigenvalue weighted by Gasteiger charge is 2.02. The van der Waals surface area contributed by atoms with Crippen molar-refractivity contribution in [2.24, 2.45) is 0 Å². The third-order valence-electron chi connectivity index (χ3n) is 1.36. The Labute approximate surface area is 74.9 Å². The summed E-state index contributed by atoms with van der Waals surface area (Å²) in [5, 5.41) is 9.15. The lowest BCUT2D eigenvalue weighted by molar-refractivity contribution is -0.711. The second-order valence-corrected chi connectivity index (χ2v) is 2.56. The molecular formula is C7H9N3O3. The van der Waals surface area contributed by atoms with Gasteiger partial charge >= 0.3 is 0 Å². The van der Waals surface area contributed by atoms with Crippen molar-refractivity contribution in [1.82, 2.24) is 4.98 Å². The molecule has 0 spiro atoms. The molecule has 13 heavy (non-hydrogen) atoms. The summed E-state index contributed by atoms with van der Waals surface area (Å²) in [6, 6.07) is 2.92. The van der Waals surface area contributed by atoms with Crippen LogP contribution < -0.4 is 9.74 Å². The van der Waals surface area contributed by atoms with E-state index in [1.54, 1.807) is 19.0 Å². The molecular weight excluding hydrogens is 174 g/mol. The molecule has 1 heterocycles. The molecule has 6 nitrogen and oxygen atoms in total. The number of anilines is 1. The van der Waals surface area contributed by atoms with Crippen LogP contribution in [0, 0.1) is 10.1 Å². The smallest absolute Gasteiger partial charge is 0.299 e. The molecule has 1 rings (SSSR count). The maximum atomic E-state index is 10.00. The van der Waals surface area contributed by atoms with Crippen LogP contribution in [0.2, 0.25) is 0 Å². The zero-order chi connectivity index (χ0) is 9.84. The highest BCUT2D eigenvalue weighted by atomic mass is 17.0. The summed E-state index contributed by atoms with van der Waals surface area (Å²) in [4.78, 5) is 20.0. The van der Waals surface area contributed by atoms with Crippen LogP contribution in [0.5, 0.6) is 5.75 Å². The monoisotopic (exact) mass is 183 g/mol. The third-order valence-corrected chi connectivity index (χ3v) is 1.36. The van der Waals surface area contributed by atoms with Crippen molar-refractivity contribution in [2.75, 3.05) is 19.0 Å². The molecule has 0 radical (unpaired) electrons. The summed E-state index contributed by atoms with van der Waals surface area (Å²) in [5.74, 6) is 0.781. The van der Waals surface area contributed by atoms with Gasteiger partial charge in [-0.15, -0.1) is 10.1 Å². The van der Waals surface area contributed by atoms with Crippen LogP contribution in [0.25, 0.3) is 0 Å². The molecule has 0 aliphatic heterocycles.